The van der Waals surface area contributed by atoms with Crippen LogP contribution in [0.3, 0.4) is 0 Å². The summed E-state index contributed by atoms with van der Waals surface area (Å²) in [6.07, 6.45) is 5.46. The van der Waals surface area contributed by atoms with Gasteiger partial charge in [0.1, 0.15) is 12.0 Å². The van der Waals surface area contributed by atoms with E-state index < -0.39 is 0 Å². The van der Waals surface area contributed by atoms with E-state index in [0.717, 1.165) is 16.8 Å². The van der Waals surface area contributed by atoms with Gasteiger partial charge in [0.05, 0.1) is 25.2 Å². The second kappa shape index (κ2) is 6.81. The first-order chi connectivity index (χ1) is 11.3. The molecule has 0 radical (unpaired) electrons. The van der Waals surface area contributed by atoms with Crippen LogP contribution >= 0.6 is 12.2 Å². The van der Waals surface area contributed by atoms with E-state index in [1.165, 1.54) is 11.0 Å². The lowest BCUT2D eigenvalue weighted by Crippen LogP contribution is -1.97. The van der Waals surface area contributed by atoms with Crippen LogP contribution in [0.4, 0.5) is 0 Å². The van der Waals surface area contributed by atoms with Crippen molar-refractivity contribution in [1.29, 1.82) is 5.26 Å². The van der Waals surface area contributed by atoms with E-state index in [1.54, 1.807) is 10.9 Å². The van der Waals surface area contributed by atoms with Gasteiger partial charge in [-0.15, -0.1) is 0 Å². The van der Waals surface area contributed by atoms with E-state index >= 15 is 0 Å². The van der Waals surface area contributed by atoms with E-state index in [-0.39, 0.29) is 0 Å². The van der Waals surface area contributed by atoms with Crippen molar-refractivity contribution in [1.82, 2.24) is 24.7 Å². The molecule has 0 amide bonds. The molecule has 8 heteroatoms. The summed E-state index contributed by atoms with van der Waals surface area (Å²) in [5, 5.41) is 24.0. The summed E-state index contributed by atoms with van der Waals surface area (Å²) in [7, 11) is 0. The largest absolute Gasteiger partial charge is 0.270 e. The molecule has 0 bridgehead atoms. The Bertz CT molecular complexity index is 911. The minimum absolute atomic E-state index is 0.402. The van der Waals surface area contributed by atoms with Gasteiger partial charge in [-0.05, 0) is 12.2 Å². The molecule has 1 N–H and O–H groups in total. The lowest BCUT2D eigenvalue weighted by Gasteiger charge is -1.98. The molecule has 3 aromatic rings. The van der Waals surface area contributed by atoms with Gasteiger partial charge < -0.3 is 0 Å². The minimum Gasteiger partial charge on any atom is -0.270 e. The lowest BCUT2D eigenvalue weighted by molar-refractivity contribution is 0.629. The highest BCUT2D eigenvalue weighted by Gasteiger charge is 2.09. The highest BCUT2D eigenvalue weighted by Crippen LogP contribution is 2.20. The molecule has 0 unspecified atom stereocenters. The molecule has 114 valence electrons. The summed E-state index contributed by atoms with van der Waals surface area (Å²) in [6, 6.07) is 12.0. The number of rotatable bonds is 5. The fourth-order valence-electron chi connectivity index (χ4n) is 2.08. The first kappa shape index (κ1) is 14.9. The van der Waals surface area contributed by atoms with Gasteiger partial charge in [0.15, 0.2) is 0 Å². The summed E-state index contributed by atoms with van der Waals surface area (Å²) in [4.78, 5) is 0. The number of hydrogen-bond donors (Lipinski definition) is 1. The van der Waals surface area contributed by atoms with Crippen LogP contribution in [0.2, 0.25) is 0 Å². The SMILES string of the molecule is N#CCCn1cc(/C=N\n2cn[nH]c2=S)c(-c2ccccc2)n1. The van der Waals surface area contributed by atoms with Crippen LogP contribution < -0.4 is 0 Å². The quantitative estimate of drug-likeness (QED) is 0.577. The predicted molar refractivity (Wildman–Crippen MR) is 88.3 cm³/mol. The molecule has 0 saturated carbocycles. The van der Waals surface area contributed by atoms with Crippen LogP contribution in [0.1, 0.15) is 12.0 Å². The maximum atomic E-state index is 8.74. The Kier molecular flexibility index (Phi) is 4.40. The third-order valence-electron chi connectivity index (χ3n) is 3.15. The van der Waals surface area contributed by atoms with Gasteiger partial charge in [0.25, 0.3) is 0 Å². The molecule has 0 atom stereocenters. The Labute approximate surface area is 137 Å². The number of nitrogens with zero attached hydrogens (tertiary/aromatic N) is 6. The van der Waals surface area contributed by atoms with Crippen molar-refractivity contribution < 1.29 is 0 Å². The van der Waals surface area contributed by atoms with E-state index in [2.05, 4.69) is 26.5 Å². The van der Waals surface area contributed by atoms with Crippen LogP contribution in [0.15, 0.2) is 48.0 Å². The minimum atomic E-state index is 0.402. The maximum absolute atomic E-state index is 8.74. The van der Waals surface area contributed by atoms with Crippen molar-refractivity contribution in [2.45, 2.75) is 13.0 Å². The monoisotopic (exact) mass is 323 g/mol. The topological polar surface area (TPSA) is 87.6 Å². The summed E-state index contributed by atoms with van der Waals surface area (Å²) in [6.45, 7) is 0.537. The highest BCUT2D eigenvalue weighted by molar-refractivity contribution is 7.71. The molecular weight excluding hydrogens is 310 g/mol. The first-order valence-corrected chi connectivity index (χ1v) is 7.35. The Morgan fingerprint density at radius 2 is 2.17 bits per heavy atom. The van der Waals surface area contributed by atoms with Gasteiger partial charge in [-0.3, -0.25) is 9.78 Å². The van der Waals surface area contributed by atoms with E-state index in [4.69, 9.17) is 17.5 Å². The fourth-order valence-corrected chi connectivity index (χ4v) is 2.23. The van der Waals surface area contributed by atoms with E-state index in [9.17, 15) is 0 Å². The zero-order valence-corrected chi connectivity index (χ0v) is 12.9. The zero-order chi connectivity index (χ0) is 16.1. The van der Waals surface area contributed by atoms with Gasteiger partial charge in [0.2, 0.25) is 4.77 Å². The number of hydrogen-bond acceptors (Lipinski definition) is 5. The van der Waals surface area contributed by atoms with Crippen molar-refractivity contribution >= 4 is 18.4 Å². The van der Waals surface area contributed by atoms with Gasteiger partial charge in [-0.1, -0.05) is 30.3 Å². The number of H-pyrrole nitrogens is 1. The fraction of sp³-hybridized carbons (Fsp3) is 0.133. The first-order valence-electron chi connectivity index (χ1n) is 6.94. The molecule has 3 rings (SSSR count). The molecule has 2 heterocycles. The molecular formula is C15H13N7S. The van der Waals surface area contributed by atoms with E-state index in [1.807, 2.05) is 36.5 Å². The lowest BCUT2D eigenvalue weighted by atomic mass is 10.1. The van der Waals surface area contributed by atoms with Gasteiger partial charge in [0, 0.05) is 17.3 Å². The van der Waals surface area contributed by atoms with Gasteiger partial charge in [-0.2, -0.15) is 25.2 Å². The third-order valence-corrected chi connectivity index (χ3v) is 3.42. The third kappa shape index (κ3) is 3.41. The molecule has 0 aliphatic heterocycles. The molecule has 23 heavy (non-hydrogen) atoms. The molecule has 1 aromatic carbocycles. The molecule has 0 spiro atoms. The van der Waals surface area contributed by atoms with Crippen molar-refractivity contribution in [3.63, 3.8) is 0 Å². The van der Waals surface area contributed by atoms with Crippen LogP contribution in [-0.2, 0) is 6.54 Å². The van der Waals surface area contributed by atoms with Gasteiger partial charge in [-0.25, -0.2) is 0 Å². The average Bonchev–Trinajstić information content (AvgIpc) is 3.18. The van der Waals surface area contributed by atoms with Crippen LogP contribution in [-0.4, -0.2) is 30.9 Å². The molecule has 7 nitrogen and oxygen atoms in total. The molecule has 0 fully saturated rings. The van der Waals surface area contributed by atoms with Crippen LogP contribution in [0.5, 0.6) is 0 Å². The van der Waals surface area contributed by atoms with Crippen LogP contribution in [0, 0.1) is 16.1 Å². The Morgan fingerprint density at radius 3 is 2.87 bits per heavy atom. The summed E-state index contributed by atoms with van der Waals surface area (Å²) in [5.74, 6) is 0. The summed E-state index contributed by atoms with van der Waals surface area (Å²) < 4.78 is 3.64. The van der Waals surface area contributed by atoms with Crippen molar-refractivity contribution in [2.75, 3.05) is 0 Å². The van der Waals surface area contributed by atoms with Crippen molar-refractivity contribution in [2.24, 2.45) is 5.10 Å². The van der Waals surface area contributed by atoms with Crippen molar-refractivity contribution in [3.8, 4) is 17.3 Å². The second-order valence-corrected chi connectivity index (χ2v) is 5.11. The standard InChI is InChI=1S/C15H13N7S/c16-7-4-8-21-10-13(9-18-22-11-17-19-15(22)23)14(20-21)12-5-2-1-3-6-12/h1-3,5-6,9-11H,4,8H2,(H,19,23)/b18-9-. The number of nitrogens with one attached hydrogen (secondary N) is 1. The average molecular weight is 323 g/mol. The van der Waals surface area contributed by atoms with E-state index in [0.29, 0.717) is 17.7 Å². The second-order valence-electron chi connectivity index (χ2n) is 4.72. The maximum Gasteiger partial charge on any atom is 0.216 e. The molecule has 0 aliphatic carbocycles. The Balaban J connectivity index is 1.99. The predicted octanol–water partition coefficient (Wildman–Crippen LogP) is 2.60. The number of aromatic amines is 1. The van der Waals surface area contributed by atoms with Crippen molar-refractivity contribution in [3.05, 3.63) is 53.2 Å². The Morgan fingerprint density at radius 1 is 1.35 bits per heavy atom. The number of aromatic nitrogens is 5. The van der Waals surface area contributed by atoms with Gasteiger partial charge >= 0.3 is 0 Å². The number of nitriles is 1. The normalized spacial score (nSPS) is 10.9. The van der Waals surface area contributed by atoms with Crippen LogP contribution in [0.25, 0.3) is 11.3 Å². The Hall–Kier alpha value is -3.05. The molecule has 0 aliphatic rings. The smallest absolute Gasteiger partial charge is 0.216 e. The number of benzene rings is 1. The highest BCUT2D eigenvalue weighted by atomic mass is 32.1. The summed E-state index contributed by atoms with van der Waals surface area (Å²) in [5.41, 5.74) is 2.64. The number of aryl methyl sites for hydroxylation is 1. The molecule has 0 saturated heterocycles. The molecule has 2 aromatic heterocycles. The summed E-state index contributed by atoms with van der Waals surface area (Å²) >= 11 is 5.06. The zero-order valence-electron chi connectivity index (χ0n) is 12.1.